The summed E-state index contributed by atoms with van der Waals surface area (Å²) in [5.41, 5.74) is 9.74. The van der Waals surface area contributed by atoms with Gasteiger partial charge in [-0.1, -0.05) is 6.07 Å². The van der Waals surface area contributed by atoms with Gasteiger partial charge in [0.2, 0.25) is 0 Å². The van der Waals surface area contributed by atoms with Crippen molar-refractivity contribution in [2.45, 2.75) is 0 Å². The van der Waals surface area contributed by atoms with Crippen molar-refractivity contribution in [2.75, 3.05) is 0 Å². The number of amides is 1. The van der Waals surface area contributed by atoms with Gasteiger partial charge in [0.25, 0.3) is 5.91 Å². The summed E-state index contributed by atoms with van der Waals surface area (Å²) in [6.45, 7) is 0. The van der Waals surface area contributed by atoms with E-state index in [4.69, 9.17) is 16.3 Å². The molecule has 1 heterocycles. The van der Waals surface area contributed by atoms with E-state index in [2.05, 4.69) is 0 Å². The molecule has 0 spiro atoms. The first-order chi connectivity index (χ1) is 7.42. The normalized spacial score (nSPS) is 11.9. The summed E-state index contributed by atoms with van der Waals surface area (Å²) in [6.07, 6.45) is 1.37. The number of hydrogen-bond donors (Lipinski definition) is 3. The maximum absolute atomic E-state index is 11.4. The molecule has 0 saturated carbocycles. The minimum absolute atomic E-state index is 0.196. The highest BCUT2D eigenvalue weighted by Gasteiger charge is 2.16. The van der Waals surface area contributed by atoms with Crippen LogP contribution in [0.15, 0.2) is 23.1 Å². The average Bonchev–Trinajstić information content (AvgIpc) is 2.63. The Balaban J connectivity index is 2.89. The lowest BCUT2D eigenvalue weighted by Crippen LogP contribution is -2.29. The number of thiophene rings is 1. The fourth-order valence-corrected chi connectivity index (χ4v) is 1.98. The number of nitrogens with zero attached hydrogens (tertiary/aromatic N) is 1. The Morgan fingerprint density at radius 3 is 2.75 bits per heavy atom. The van der Waals surface area contributed by atoms with Crippen LogP contribution in [0.5, 0.6) is 0 Å². The lowest BCUT2D eigenvalue weighted by atomic mass is 10.2. The van der Waals surface area contributed by atoms with Crippen molar-refractivity contribution >= 4 is 30.9 Å². The molecule has 16 heavy (non-hydrogen) atoms. The smallest absolute Gasteiger partial charge is 0.279 e. The first-order valence-corrected chi connectivity index (χ1v) is 6.80. The molecular weight excluding hydrogens is 247 g/mol. The molecule has 0 radical (unpaired) electrons. The first-order valence-electron chi connectivity index (χ1n) is 4.07. The summed E-state index contributed by atoms with van der Waals surface area (Å²) in [4.78, 5) is 12.1. The van der Waals surface area contributed by atoms with E-state index in [9.17, 15) is 9.36 Å². The zero-order chi connectivity index (χ0) is 12.2. The fraction of sp³-hybridized carbons (Fsp3) is 0. The molecule has 0 fully saturated rings. The molecule has 1 rings (SSSR count). The fourth-order valence-electron chi connectivity index (χ4n) is 0.883. The Kier molecular flexibility index (Phi) is 3.99. The molecule has 0 saturated heterocycles. The topological polar surface area (TPSA) is 122 Å². The monoisotopic (exact) mass is 256 g/mol. The Morgan fingerprint density at radius 2 is 2.31 bits per heavy atom. The number of carbonyl (C=O) groups excluding carboxylic acids is 1. The van der Waals surface area contributed by atoms with Crippen LogP contribution in [0.1, 0.15) is 4.88 Å². The molecule has 1 aromatic heterocycles. The second kappa shape index (κ2) is 5.05. The molecule has 84 valence electrons. The van der Waals surface area contributed by atoms with Crippen molar-refractivity contribution in [3.63, 3.8) is 0 Å². The van der Waals surface area contributed by atoms with E-state index in [1.54, 1.807) is 23.6 Å². The van der Waals surface area contributed by atoms with Crippen LogP contribution < -0.4 is 16.1 Å². The van der Waals surface area contributed by atoms with Gasteiger partial charge in [-0.05, 0) is 17.5 Å². The Morgan fingerprint density at radius 1 is 1.62 bits per heavy atom. The van der Waals surface area contributed by atoms with E-state index in [-0.39, 0.29) is 5.57 Å². The standard InChI is InChI=1S/C8H9N4O2PS/c9-5-6(4-7-2-1-3-16-7)8(13)12-15(10,11)14/h1-4H,(H5,10,11,12,13,14). The summed E-state index contributed by atoms with van der Waals surface area (Å²) >= 11 is 1.36. The van der Waals surface area contributed by atoms with Crippen LogP contribution in [-0.2, 0) is 9.36 Å². The van der Waals surface area contributed by atoms with E-state index in [1.807, 2.05) is 5.09 Å². The van der Waals surface area contributed by atoms with E-state index in [0.29, 0.717) is 0 Å². The van der Waals surface area contributed by atoms with Gasteiger partial charge >= 0.3 is 7.59 Å². The predicted molar refractivity (Wildman–Crippen MR) is 62.0 cm³/mol. The van der Waals surface area contributed by atoms with E-state index in [1.165, 1.54) is 17.4 Å². The van der Waals surface area contributed by atoms with Crippen LogP contribution in [0.25, 0.3) is 6.08 Å². The van der Waals surface area contributed by atoms with Crippen LogP contribution in [0.4, 0.5) is 0 Å². The van der Waals surface area contributed by atoms with Crippen molar-refractivity contribution in [3.05, 3.63) is 28.0 Å². The third kappa shape index (κ3) is 3.96. The number of nitriles is 1. The van der Waals surface area contributed by atoms with Crippen LogP contribution in [0.3, 0.4) is 0 Å². The number of rotatable bonds is 3. The van der Waals surface area contributed by atoms with Crippen LogP contribution in [0, 0.1) is 11.3 Å². The molecular formula is C8H9N4O2PS. The molecule has 1 amide bonds. The number of nitrogens with one attached hydrogen (secondary N) is 1. The summed E-state index contributed by atoms with van der Waals surface area (Å²) in [6, 6.07) is 5.20. The summed E-state index contributed by atoms with van der Waals surface area (Å²) in [5.74, 6) is -0.843. The highest BCUT2D eigenvalue weighted by Crippen LogP contribution is 2.19. The largest absolute Gasteiger partial charge is 0.300 e. The predicted octanol–water partition coefficient (Wildman–Crippen LogP) is 0.797. The number of hydrogen-bond acceptors (Lipinski definition) is 4. The zero-order valence-electron chi connectivity index (χ0n) is 8.08. The van der Waals surface area contributed by atoms with Crippen LogP contribution in [0.2, 0.25) is 0 Å². The lowest BCUT2D eigenvalue weighted by Gasteiger charge is -2.07. The molecule has 6 nitrogen and oxygen atoms in total. The quantitative estimate of drug-likeness (QED) is 0.419. The molecule has 0 bridgehead atoms. The average molecular weight is 256 g/mol. The SMILES string of the molecule is N#CC(=Cc1cccs1)C(=O)NP(N)(N)=O. The molecule has 1 aromatic rings. The molecule has 0 aliphatic heterocycles. The van der Waals surface area contributed by atoms with Gasteiger partial charge in [-0.15, -0.1) is 11.3 Å². The Labute approximate surface area is 96.1 Å². The number of carbonyl (C=O) groups is 1. The van der Waals surface area contributed by atoms with Crippen molar-refractivity contribution < 1.29 is 9.36 Å². The van der Waals surface area contributed by atoms with Crippen LogP contribution >= 0.6 is 18.9 Å². The van der Waals surface area contributed by atoms with E-state index >= 15 is 0 Å². The van der Waals surface area contributed by atoms with Crippen molar-refractivity contribution in [2.24, 2.45) is 11.0 Å². The number of nitrogens with two attached hydrogens (primary N) is 2. The zero-order valence-corrected chi connectivity index (χ0v) is 9.79. The van der Waals surface area contributed by atoms with Crippen LogP contribution in [-0.4, -0.2) is 5.91 Å². The van der Waals surface area contributed by atoms with Gasteiger partial charge in [0.1, 0.15) is 11.6 Å². The highest BCUT2D eigenvalue weighted by molar-refractivity contribution is 7.57. The van der Waals surface area contributed by atoms with Gasteiger partial charge in [0, 0.05) is 4.88 Å². The first kappa shape index (κ1) is 12.6. The third-order valence-electron chi connectivity index (χ3n) is 1.47. The summed E-state index contributed by atoms with van der Waals surface area (Å²) in [7, 11) is -3.67. The summed E-state index contributed by atoms with van der Waals surface area (Å²) in [5, 5.41) is 12.4. The van der Waals surface area contributed by atoms with Crippen molar-refractivity contribution in [1.29, 1.82) is 5.26 Å². The minimum atomic E-state index is -3.67. The van der Waals surface area contributed by atoms with Gasteiger partial charge in [0.05, 0.1) is 0 Å². The molecule has 0 aliphatic carbocycles. The molecule has 0 unspecified atom stereocenters. The van der Waals surface area contributed by atoms with Gasteiger partial charge in [0.15, 0.2) is 0 Å². The molecule has 8 heteroatoms. The van der Waals surface area contributed by atoms with Crippen molar-refractivity contribution in [1.82, 2.24) is 5.09 Å². The minimum Gasteiger partial charge on any atom is -0.279 e. The van der Waals surface area contributed by atoms with E-state index in [0.717, 1.165) is 4.88 Å². The maximum atomic E-state index is 11.4. The molecule has 0 aromatic carbocycles. The van der Waals surface area contributed by atoms with Crippen molar-refractivity contribution in [3.8, 4) is 6.07 Å². The highest BCUT2D eigenvalue weighted by atomic mass is 32.1. The van der Waals surface area contributed by atoms with Gasteiger partial charge in [-0.2, -0.15) is 5.26 Å². The molecule has 0 aliphatic rings. The maximum Gasteiger partial charge on any atom is 0.300 e. The summed E-state index contributed by atoms with van der Waals surface area (Å²) < 4.78 is 10.9. The molecule has 0 atom stereocenters. The van der Waals surface area contributed by atoms with Gasteiger partial charge < -0.3 is 0 Å². The lowest BCUT2D eigenvalue weighted by molar-refractivity contribution is -0.115. The van der Waals surface area contributed by atoms with E-state index < -0.39 is 13.5 Å². The van der Waals surface area contributed by atoms with Gasteiger partial charge in [-0.25, -0.2) is 0 Å². The second-order valence-electron chi connectivity index (χ2n) is 2.84. The van der Waals surface area contributed by atoms with Gasteiger partial charge in [-0.3, -0.25) is 25.5 Å². The second-order valence-corrected chi connectivity index (χ2v) is 5.46. The molecule has 5 N–H and O–H groups in total. The third-order valence-corrected chi connectivity index (χ3v) is 2.84. The Hall–Kier alpha value is -1.45. The Bertz CT molecular complexity index is 497.